The molecule has 1 fully saturated rings. The molecule has 0 aromatic heterocycles. The largest absolute Gasteiger partial charge is 0.484 e. The van der Waals surface area contributed by atoms with Gasteiger partial charge in [-0.3, -0.25) is 10.1 Å². The third-order valence-corrected chi connectivity index (χ3v) is 3.68. The fourth-order valence-corrected chi connectivity index (χ4v) is 2.48. The molecule has 0 spiro atoms. The minimum atomic E-state index is -1.19. The summed E-state index contributed by atoms with van der Waals surface area (Å²) < 4.78 is 5.38. The van der Waals surface area contributed by atoms with Crippen molar-refractivity contribution in [3.05, 3.63) is 33.9 Å². The fourth-order valence-electron chi connectivity index (χ4n) is 2.48. The quantitative estimate of drug-likeness (QED) is 0.637. The number of rotatable bonds is 5. The van der Waals surface area contributed by atoms with Crippen LogP contribution in [0.1, 0.15) is 42.5 Å². The summed E-state index contributed by atoms with van der Waals surface area (Å²) in [4.78, 5) is 21.2. The number of nitro groups is 1. The van der Waals surface area contributed by atoms with Gasteiger partial charge in [-0.25, -0.2) is 4.79 Å². The number of carbonyl (C=O) groups is 1. The number of ether oxygens (including phenoxy) is 1. The second-order valence-corrected chi connectivity index (χ2v) is 5.32. The van der Waals surface area contributed by atoms with Crippen LogP contribution < -0.4 is 4.74 Å². The maximum absolute atomic E-state index is 10.9. The van der Waals surface area contributed by atoms with Crippen LogP contribution in [0.25, 0.3) is 0 Å². The lowest BCUT2D eigenvalue weighted by atomic mass is 9.85. The minimum absolute atomic E-state index is 0.0725. The van der Waals surface area contributed by atoms with E-state index < -0.39 is 16.5 Å². The summed E-state index contributed by atoms with van der Waals surface area (Å²) >= 11 is 0. The van der Waals surface area contributed by atoms with Crippen molar-refractivity contribution < 1.29 is 24.7 Å². The first kappa shape index (κ1) is 15.2. The van der Waals surface area contributed by atoms with Gasteiger partial charge in [-0.2, -0.15) is 0 Å². The Hall–Kier alpha value is -2.15. The number of aromatic carboxylic acids is 1. The highest BCUT2D eigenvalue weighted by Crippen LogP contribution is 2.32. The molecule has 0 aliphatic heterocycles. The Morgan fingerprint density at radius 1 is 1.33 bits per heavy atom. The highest BCUT2D eigenvalue weighted by Gasteiger charge is 2.31. The molecular weight excluding hydrogens is 278 g/mol. The average molecular weight is 295 g/mol. The van der Waals surface area contributed by atoms with E-state index in [-0.39, 0.29) is 23.6 Å². The van der Waals surface area contributed by atoms with E-state index in [0.717, 1.165) is 37.5 Å². The topological polar surface area (TPSA) is 110 Å². The zero-order chi connectivity index (χ0) is 15.5. The highest BCUT2D eigenvalue weighted by atomic mass is 16.6. The van der Waals surface area contributed by atoms with Crippen LogP contribution in [0.5, 0.6) is 5.75 Å². The Labute approximate surface area is 121 Å². The van der Waals surface area contributed by atoms with Crippen LogP contribution in [0.4, 0.5) is 5.69 Å². The number of nitro benzene ring substituents is 1. The number of hydrogen-bond donors (Lipinski definition) is 2. The van der Waals surface area contributed by atoms with E-state index in [1.807, 2.05) is 0 Å². The van der Waals surface area contributed by atoms with Gasteiger partial charge in [0.1, 0.15) is 6.61 Å². The van der Waals surface area contributed by atoms with Crippen molar-refractivity contribution in [2.24, 2.45) is 0 Å². The Bertz CT molecular complexity index is 550. The van der Waals surface area contributed by atoms with Gasteiger partial charge in [0.25, 0.3) is 0 Å². The molecule has 114 valence electrons. The van der Waals surface area contributed by atoms with Gasteiger partial charge in [0.15, 0.2) is 5.75 Å². The zero-order valence-electron chi connectivity index (χ0n) is 11.4. The van der Waals surface area contributed by atoms with Crippen LogP contribution in [0.2, 0.25) is 0 Å². The van der Waals surface area contributed by atoms with Crippen molar-refractivity contribution in [2.75, 3.05) is 6.61 Å². The molecule has 2 N–H and O–H groups in total. The summed E-state index contributed by atoms with van der Waals surface area (Å²) in [6.45, 7) is -0.0725. The van der Waals surface area contributed by atoms with Crippen LogP contribution in [-0.2, 0) is 0 Å². The molecule has 21 heavy (non-hydrogen) atoms. The second-order valence-electron chi connectivity index (χ2n) is 5.32. The molecule has 2 rings (SSSR count). The average Bonchev–Trinajstić information content (AvgIpc) is 2.45. The Balaban J connectivity index is 2.18. The highest BCUT2D eigenvalue weighted by molar-refractivity contribution is 5.88. The Kier molecular flexibility index (Phi) is 4.42. The van der Waals surface area contributed by atoms with Gasteiger partial charge in [-0.15, -0.1) is 0 Å². The summed E-state index contributed by atoms with van der Waals surface area (Å²) in [5, 5.41) is 30.2. The van der Waals surface area contributed by atoms with Crippen LogP contribution >= 0.6 is 0 Å². The molecule has 1 aromatic carbocycles. The van der Waals surface area contributed by atoms with E-state index in [4.69, 9.17) is 9.84 Å². The Morgan fingerprint density at radius 2 is 2.00 bits per heavy atom. The number of hydrogen-bond acceptors (Lipinski definition) is 5. The van der Waals surface area contributed by atoms with Crippen LogP contribution in [0.3, 0.4) is 0 Å². The first-order valence-corrected chi connectivity index (χ1v) is 6.78. The predicted molar refractivity (Wildman–Crippen MR) is 73.6 cm³/mol. The third kappa shape index (κ3) is 3.69. The van der Waals surface area contributed by atoms with Crippen LogP contribution in [0.15, 0.2) is 18.2 Å². The van der Waals surface area contributed by atoms with Crippen LogP contribution in [0, 0.1) is 10.1 Å². The molecule has 1 aliphatic carbocycles. The maximum atomic E-state index is 10.9. The van der Waals surface area contributed by atoms with Crippen molar-refractivity contribution in [1.82, 2.24) is 0 Å². The number of nitrogens with zero attached hydrogens (tertiary/aromatic N) is 1. The summed E-state index contributed by atoms with van der Waals surface area (Å²) in [5.74, 6) is -1.31. The minimum Gasteiger partial charge on any atom is -0.484 e. The predicted octanol–water partition coefficient (Wildman–Crippen LogP) is 2.37. The van der Waals surface area contributed by atoms with E-state index in [9.17, 15) is 20.0 Å². The van der Waals surface area contributed by atoms with Crippen molar-refractivity contribution in [3.8, 4) is 5.75 Å². The monoisotopic (exact) mass is 295 g/mol. The number of aliphatic hydroxyl groups is 1. The van der Waals surface area contributed by atoms with E-state index in [1.54, 1.807) is 0 Å². The molecule has 7 heteroatoms. The van der Waals surface area contributed by atoms with Gasteiger partial charge in [0, 0.05) is 12.1 Å². The number of carboxylic acid groups (broad SMARTS) is 1. The fraction of sp³-hybridized carbons (Fsp3) is 0.500. The molecule has 0 radical (unpaired) electrons. The third-order valence-electron chi connectivity index (χ3n) is 3.68. The molecular formula is C14H17NO6. The SMILES string of the molecule is O=C(O)c1ccc([N+](=O)[O-])c(OCC2(O)CCCCC2)c1. The molecule has 0 saturated heterocycles. The lowest BCUT2D eigenvalue weighted by Gasteiger charge is -2.31. The molecule has 1 aromatic rings. The molecule has 1 aliphatic rings. The lowest BCUT2D eigenvalue weighted by Crippen LogP contribution is -2.38. The smallest absolute Gasteiger partial charge is 0.335 e. The van der Waals surface area contributed by atoms with Gasteiger partial charge < -0.3 is 14.9 Å². The number of carboxylic acids is 1. The van der Waals surface area contributed by atoms with E-state index in [2.05, 4.69) is 0 Å². The van der Waals surface area contributed by atoms with Gasteiger partial charge in [-0.1, -0.05) is 19.3 Å². The van der Waals surface area contributed by atoms with Crippen molar-refractivity contribution in [3.63, 3.8) is 0 Å². The Morgan fingerprint density at radius 3 is 2.57 bits per heavy atom. The molecule has 0 atom stereocenters. The van der Waals surface area contributed by atoms with Crippen LogP contribution in [-0.4, -0.2) is 33.3 Å². The molecule has 1 saturated carbocycles. The van der Waals surface area contributed by atoms with E-state index in [0.29, 0.717) is 12.8 Å². The molecule has 0 bridgehead atoms. The van der Waals surface area contributed by atoms with Gasteiger partial charge >= 0.3 is 11.7 Å². The summed E-state index contributed by atoms with van der Waals surface area (Å²) in [6.07, 6.45) is 3.99. The summed E-state index contributed by atoms with van der Waals surface area (Å²) in [7, 11) is 0. The zero-order valence-corrected chi connectivity index (χ0v) is 11.4. The lowest BCUT2D eigenvalue weighted by molar-refractivity contribution is -0.386. The van der Waals surface area contributed by atoms with Crippen molar-refractivity contribution >= 4 is 11.7 Å². The molecule has 0 heterocycles. The van der Waals surface area contributed by atoms with E-state index >= 15 is 0 Å². The first-order chi connectivity index (χ1) is 9.91. The normalized spacial score (nSPS) is 17.2. The standard InChI is InChI=1S/C14H17NO6/c16-13(17)10-4-5-11(15(19)20)12(8-10)21-9-14(18)6-2-1-3-7-14/h4-5,8,18H,1-3,6-7,9H2,(H,16,17). The summed E-state index contributed by atoms with van der Waals surface area (Å²) in [6, 6.07) is 3.37. The molecule has 0 unspecified atom stereocenters. The summed E-state index contributed by atoms with van der Waals surface area (Å²) in [5.41, 5.74) is -1.39. The van der Waals surface area contributed by atoms with Gasteiger partial charge in [0.05, 0.1) is 16.1 Å². The van der Waals surface area contributed by atoms with E-state index in [1.165, 1.54) is 0 Å². The van der Waals surface area contributed by atoms with Crippen molar-refractivity contribution in [2.45, 2.75) is 37.7 Å². The number of benzene rings is 1. The molecule has 0 amide bonds. The van der Waals surface area contributed by atoms with Gasteiger partial charge in [-0.05, 0) is 18.9 Å². The molecule has 7 nitrogen and oxygen atoms in total. The van der Waals surface area contributed by atoms with Crippen molar-refractivity contribution in [1.29, 1.82) is 0 Å². The maximum Gasteiger partial charge on any atom is 0.335 e. The van der Waals surface area contributed by atoms with Gasteiger partial charge in [0.2, 0.25) is 0 Å². The second kappa shape index (κ2) is 6.09. The first-order valence-electron chi connectivity index (χ1n) is 6.78.